The molecule has 0 heterocycles. The summed E-state index contributed by atoms with van der Waals surface area (Å²) < 4.78 is 26.9. The molecule has 0 bridgehead atoms. The Hall–Kier alpha value is -2.50. The van der Waals surface area contributed by atoms with E-state index in [1.807, 2.05) is 0 Å². The summed E-state index contributed by atoms with van der Waals surface area (Å²) in [6.45, 7) is 1.66. The highest BCUT2D eigenvalue weighted by molar-refractivity contribution is 5.55. The molecule has 0 saturated heterocycles. The summed E-state index contributed by atoms with van der Waals surface area (Å²) in [4.78, 5) is 10.1. The van der Waals surface area contributed by atoms with E-state index in [-0.39, 0.29) is 17.8 Å². The van der Waals surface area contributed by atoms with E-state index in [1.54, 1.807) is 6.92 Å². The number of halogens is 2. The third-order valence-electron chi connectivity index (χ3n) is 2.94. The zero-order valence-corrected chi connectivity index (χ0v) is 10.7. The lowest BCUT2D eigenvalue weighted by molar-refractivity contribution is -0.384. The second-order valence-corrected chi connectivity index (χ2v) is 4.31. The maximum atomic E-state index is 13.5. The summed E-state index contributed by atoms with van der Waals surface area (Å²) in [5, 5.41) is 13.5. The minimum absolute atomic E-state index is 0.0230. The van der Waals surface area contributed by atoms with E-state index in [9.17, 15) is 18.9 Å². The molecule has 0 saturated carbocycles. The Morgan fingerprint density at radius 1 is 1.20 bits per heavy atom. The van der Waals surface area contributed by atoms with E-state index in [4.69, 9.17) is 0 Å². The van der Waals surface area contributed by atoms with Gasteiger partial charge in [0.2, 0.25) is 0 Å². The minimum atomic E-state index is -0.628. The highest BCUT2D eigenvalue weighted by atomic mass is 19.1. The number of aryl methyl sites for hydroxylation is 1. The van der Waals surface area contributed by atoms with Gasteiger partial charge >= 0.3 is 0 Å². The van der Waals surface area contributed by atoms with Crippen LogP contribution in [0.2, 0.25) is 0 Å². The van der Waals surface area contributed by atoms with Crippen LogP contribution >= 0.6 is 0 Å². The monoisotopic (exact) mass is 278 g/mol. The van der Waals surface area contributed by atoms with Crippen LogP contribution in [-0.4, -0.2) is 4.92 Å². The van der Waals surface area contributed by atoms with Crippen molar-refractivity contribution in [3.63, 3.8) is 0 Å². The Morgan fingerprint density at radius 2 is 1.85 bits per heavy atom. The molecule has 4 nitrogen and oxygen atoms in total. The minimum Gasteiger partial charge on any atom is -0.381 e. The summed E-state index contributed by atoms with van der Waals surface area (Å²) in [7, 11) is 0. The third-order valence-corrected chi connectivity index (χ3v) is 2.94. The second kappa shape index (κ2) is 5.64. The van der Waals surface area contributed by atoms with Crippen LogP contribution in [0.25, 0.3) is 0 Å². The Balaban J connectivity index is 2.17. The molecule has 20 heavy (non-hydrogen) atoms. The Bertz CT molecular complexity index is 639. The number of rotatable bonds is 4. The number of benzene rings is 2. The SMILES string of the molecule is Cc1cc([N+](=O)[O-])ccc1NCc1c(F)cccc1F. The summed E-state index contributed by atoms with van der Waals surface area (Å²) >= 11 is 0. The van der Waals surface area contributed by atoms with E-state index in [2.05, 4.69) is 5.32 Å². The first-order valence-electron chi connectivity index (χ1n) is 5.91. The lowest BCUT2D eigenvalue weighted by Crippen LogP contribution is -2.05. The fourth-order valence-electron chi connectivity index (χ4n) is 1.84. The summed E-state index contributed by atoms with van der Waals surface area (Å²) in [5.41, 5.74) is 1.14. The fourth-order valence-corrected chi connectivity index (χ4v) is 1.84. The number of nitrogens with one attached hydrogen (secondary N) is 1. The van der Waals surface area contributed by atoms with Crippen molar-refractivity contribution in [1.29, 1.82) is 0 Å². The largest absolute Gasteiger partial charge is 0.381 e. The van der Waals surface area contributed by atoms with Crippen LogP contribution in [0, 0.1) is 28.7 Å². The van der Waals surface area contributed by atoms with Gasteiger partial charge in [0.25, 0.3) is 5.69 Å². The maximum absolute atomic E-state index is 13.5. The van der Waals surface area contributed by atoms with Gasteiger partial charge in [0.15, 0.2) is 0 Å². The van der Waals surface area contributed by atoms with Crippen molar-refractivity contribution in [3.05, 3.63) is 69.3 Å². The molecule has 2 rings (SSSR count). The molecule has 0 amide bonds. The van der Waals surface area contributed by atoms with Gasteiger partial charge in [-0.05, 0) is 30.7 Å². The molecule has 0 aliphatic carbocycles. The normalized spacial score (nSPS) is 10.3. The van der Waals surface area contributed by atoms with Crippen LogP contribution in [-0.2, 0) is 6.54 Å². The molecule has 0 fully saturated rings. The average Bonchev–Trinajstić information content (AvgIpc) is 2.39. The van der Waals surface area contributed by atoms with Crippen LogP contribution in [0.1, 0.15) is 11.1 Å². The van der Waals surface area contributed by atoms with Crippen LogP contribution in [0.5, 0.6) is 0 Å². The van der Waals surface area contributed by atoms with Crippen molar-refractivity contribution in [3.8, 4) is 0 Å². The van der Waals surface area contributed by atoms with Gasteiger partial charge in [-0.25, -0.2) is 8.78 Å². The fraction of sp³-hybridized carbons (Fsp3) is 0.143. The number of nitrogens with zero attached hydrogens (tertiary/aromatic N) is 1. The molecular weight excluding hydrogens is 266 g/mol. The number of hydrogen-bond acceptors (Lipinski definition) is 3. The highest BCUT2D eigenvalue weighted by Crippen LogP contribution is 2.22. The van der Waals surface area contributed by atoms with Gasteiger partial charge in [-0.3, -0.25) is 10.1 Å². The van der Waals surface area contributed by atoms with Gasteiger partial charge in [0, 0.05) is 29.9 Å². The van der Waals surface area contributed by atoms with E-state index in [1.165, 1.54) is 36.4 Å². The van der Waals surface area contributed by atoms with Gasteiger partial charge in [-0.2, -0.15) is 0 Å². The molecule has 6 heteroatoms. The lowest BCUT2D eigenvalue weighted by atomic mass is 10.1. The van der Waals surface area contributed by atoms with Gasteiger partial charge in [-0.1, -0.05) is 6.07 Å². The van der Waals surface area contributed by atoms with Crippen molar-refractivity contribution in [1.82, 2.24) is 0 Å². The Kier molecular flexibility index (Phi) is 3.93. The van der Waals surface area contributed by atoms with E-state index < -0.39 is 16.6 Å². The molecular formula is C14H12F2N2O2. The molecule has 1 N–H and O–H groups in total. The van der Waals surface area contributed by atoms with Gasteiger partial charge in [0.05, 0.1) is 4.92 Å². The van der Waals surface area contributed by atoms with Crippen LogP contribution in [0.3, 0.4) is 0 Å². The van der Waals surface area contributed by atoms with Crippen molar-refractivity contribution < 1.29 is 13.7 Å². The number of hydrogen-bond donors (Lipinski definition) is 1. The van der Waals surface area contributed by atoms with Crippen molar-refractivity contribution >= 4 is 11.4 Å². The number of anilines is 1. The van der Waals surface area contributed by atoms with Crippen molar-refractivity contribution in [2.24, 2.45) is 0 Å². The van der Waals surface area contributed by atoms with Crippen LogP contribution in [0.15, 0.2) is 36.4 Å². The van der Waals surface area contributed by atoms with Gasteiger partial charge in [0.1, 0.15) is 11.6 Å². The molecule has 0 unspecified atom stereocenters. The van der Waals surface area contributed by atoms with Crippen LogP contribution in [0.4, 0.5) is 20.2 Å². The highest BCUT2D eigenvalue weighted by Gasteiger charge is 2.10. The first kappa shape index (κ1) is 13.9. The predicted molar refractivity (Wildman–Crippen MR) is 71.5 cm³/mol. The smallest absolute Gasteiger partial charge is 0.269 e. The van der Waals surface area contributed by atoms with Crippen molar-refractivity contribution in [2.45, 2.75) is 13.5 Å². The number of nitro groups is 1. The quantitative estimate of drug-likeness (QED) is 0.683. The Morgan fingerprint density at radius 3 is 2.40 bits per heavy atom. The topological polar surface area (TPSA) is 55.2 Å². The van der Waals surface area contributed by atoms with Gasteiger partial charge < -0.3 is 5.32 Å². The molecule has 0 spiro atoms. The third kappa shape index (κ3) is 2.90. The summed E-state index contributed by atoms with van der Waals surface area (Å²) in [6, 6.07) is 7.93. The molecule has 104 valence electrons. The van der Waals surface area contributed by atoms with Crippen molar-refractivity contribution in [2.75, 3.05) is 5.32 Å². The number of nitro benzene ring substituents is 1. The number of non-ortho nitro benzene ring substituents is 1. The molecule has 2 aromatic carbocycles. The molecule has 0 atom stereocenters. The zero-order valence-electron chi connectivity index (χ0n) is 10.7. The zero-order chi connectivity index (χ0) is 14.7. The second-order valence-electron chi connectivity index (χ2n) is 4.31. The first-order chi connectivity index (χ1) is 9.49. The molecule has 0 aliphatic rings. The average molecular weight is 278 g/mol. The van der Waals surface area contributed by atoms with E-state index >= 15 is 0 Å². The van der Waals surface area contributed by atoms with E-state index in [0.29, 0.717) is 11.3 Å². The Labute approximate surface area is 114 Å². The molecule has 0 aromatic heterocycles. The molecule has 2 aromatic rings. The predicted octanol–water partition coefficient (Wildman–Crippen LogP) is 3.79. The lowest BCUT2D eigenvalue weighted by Gasteiger charge is -2.10. The molecule has 0 aliphatic heterocycles. The standard InChI is InChI=1S/C14H12F2N2O2/c1-9-7-10(18(19)20)5-6-14(9)17-8-11-12(15)3-2-4-13(11)16/h2-7,17H,8H2,1H3. The van der Waals surface area contributed by atoms with Gasteiger partial charge in [-0.15, -0.1) is 0 Å². The van der Waals surface area contributed by atoms with Crippen LogP contribution < -0.4 is 5.32 Å². The summed E-state index contributed by atoms with van der Waals surface area (Å²) in [6.07, 6.45) is 0. The maximum Gasteiger partial charge on any atom is 0.269 e. The molecule has 0 radical (unpaired) electrons. The first-order valence-corrected chi connectivity index (χ1v) is 5.91. The summed E-state index contributed by atoms with van der Waals surface area (Å²) in [5.74, 6) is -1.26. The van der Waals surface area contributed by atoms with E-state index in [0.717, 1.165) is 0 Å².